The first-order valence-electron chi connectivity index (χ1n) is 6.20. The Morgan fingerprint density at radius 1 is 1.39 bits per heavy atom. The number of amides is 1. The Labute approximate surface area is 105 Å². The molecule has 1 fully saturated rings. The minimum Gasteiger partial charge on any atom is -0.477 e. The van der Waals surface area contributed by atoms with Gasteiger partial charge in [0.2, 0.25) is 0 Å². The molecule has 2 atom stereocenters. The van der Waals surface area contributed by atoms with Crippen LogP contribution in [0.1, 0.15) is 6.42 Å². The quantitative estimate of drug-likeness (QED) is 0.811. The van der Waals surface area contributed by atoms with E-state index in [4.69, 9.17) is 9.47 Å². The highest BCUT2D eigenvalue weighted by Gasteiger charge is 2.28. The van der Waals surface area contributed by atoms with E-state index in [-0.39, 0.29) is 11.9 Å². The van der Waals surface area contributed by atoms with Crippen molar-refractivity contribution in [3.05, 3.63) is 24.3 Å². The number of rotatable bonds is 2. The zero-order valence-electron chi connectivity index (χ0n) is 10.0. The second-order valence-corrected chi connectivity index (χ2v) is 4.55. The third-order valence-corrected chi connectivity index (χ3v) is 3.20. The highest BCUT2D eigenvalue weighted by Crippen LogP contribution is 2.28. The minimum atomic E-state index is -0.472. The molecule has 2 heterocycles. The average molecular weight is 248 g/mol. The van der Waals surface area contributed by atoms with E-state index < -0.39 is 6.10 Å². The molecular weight excluding hydrogens is 232 g/mol. The zero-order chi connectivity index (χ0) is 12.4. The summed E-state index contributed by atoms with van der Waals surface area (Å²) in [6.07, 6.45) is 0.406. The van der Waals surface area contributed by atoms with E-state index in [1.165, 1.54) is 0 Å². The SMILES string of the molecule is O=C(NC1CCOC1)C1CNc2ccccc2O1. The van der Waals surface area contributed by atoms with Crippen molar-refractivity contribution in [3.8, 4) is 5.75 Å². The first-order valence-corrected chi connectivity index (χ1v) is 6.20. The van der Waals surface area contributed by atoms with E-state index in [1.54, 1.807) is 0 Å². The van der Waals surface area contributed by atoms with Gasteiger partial charge >= 0.3 is 0 Å². The first kappa shape index (κ1) is 11.3. The molecule has 0 saturated carbocycles. The predicted molar refractivity (Wildman–Crippen MR) is 66.7 cm³/mol. The van der Waals surface area contributed by atoms with Crippen LogP contribution >= 0.6 is 0 Å². The van der Waals surface area contributed by atoms with Crippen LogP contribution in [-0.2, 0) is 9.53 Å². The molecule has 0 spiro atoms. The van der Waals surface area contributed by atoms with Crippen LogP contribution in [0.4, 0.5) is 5.69 Å². The smallest absolute Gasteiger partial charge is 0.263 e. The monoisotopic (exact) mass is 248 g/mol. The molecule has 2 aliphatic heterocycles. The lowest BCUT2D eigenvalue weighted by Crippen LogP contribution is -2.48. The molecule has 1 aromatic carbocycles. The van der Waals surface area contributed by atoms with Gasteiger partial charge in [0.25, 0.3) is 5.91 Å². The molecule has 1 amide bonds. The topological polar surface area (TPSA) is 59.6 Å². The van der Waals surface area contributed by atoms with Crippen LogP contribution in [0.3, 0.4) is 0 Å². The van der Waals surface area contributed by atoms with Crippen molar-refractivity contribution in [1.29, 1.82) is 0 Å². The summed E-state index contributed by atoms with van der Waals surface area (Å²) >= 11 is 0. The fraction of sp³-hybridized carbons (Fsp3) is 0.462. The molecular formula is C13H16N2O3. The number of hydrogen-bond acceptors (Lipinski definition) is 4. The summed E-state index contributed by atoms with van der Waals surface area (Å²) in [7, 11) is 0. The van der Waals surface area contributed by atoms with Gasteiger partial charge in [-0.1, -0.05) is 12.1 Å². The van der Waals surface area contributed by atoms with Crippen molar-refractivity contribution in [2.24, 2.45) is 0 Å². The maximum Gasteiger partial charge on any atom is 0.263 e. The van der Waals surface area contributed by atoms with Crippen LogP contribution in [0, 0.1) is 0 Å². The van der Waals surface area contributed by atoms with Crippen LogP contribution < -0.4 is 15.4 Å². The lowest BCUT2D eigenvalue weighted by Gasteiger charge is -2.27. The molecule has 0 bridgehead atoms. The van der Waals surface area contributed by atoms with Gasteiger partial charge in [-0.15, -0.1) is 0 Å². The van der Waals surface area contributed by atoms with Gasteiger partial charge < -0.3 is 20.1 Å². The van der Waals surface area contributed by atoms with Gasteiger partial charge in [-0.05, 0) is 18.6 Å². The van der Waals surface area contributed by atoms with Gasteiger partial charge in [-0.3, -0.25) is 4.79 Å². The Morgan fingerprint density at radius 3 is 3.11 bits per heavy atom. The molecule has 18 heavy (non-hydrogen) atoms. The molecule has 3 rings (SSSR count). The van der Waals surface area contributed by atoms with Gasteiger partial charge in [0.1, 0.15) is 5.75 Å². The molecule has 0 aliphatic carbocycles. The van der Waals surface area contributed by atoms with E-state index >= 15 is 0 Å². The van der Waals surface area contributed by atoms with Crippen LogP contribution in [0.25, 0.3) is 0 Å². The van der Waals surface area contributed by atoms with Gasteiger partial charge in [0.05, 0.1) is 24.9 Å². The number of nitrogens with one attached hydrogen (secondary N) is 2. The lowest BCUT2D eigenvalue weighted by atomic mass is 10.2. The maximum absolute atomic E-state index is 12.0. The Kier molecular flexibility index (Phi) is 3.06. The lowest BCUT2D eigenvalue weighted by molar-refractivity contribution is -0.128. The Bertz CT molecular complexity index is 444. The van der Waals surface area contributed by atoms with Gasteiger partial charge in [0.15, 0.2) is 6.10 Å². The number of carbonyl (C=O) groups excluding carboxylic acids is 1. The molecule has 5 nitrogen and oxygen atoms in total. The number of para-hydroxylation sites is 2. The molecule has 0 aromatic heterocycles. The standard InChI is InChI=1S/C13H16N2O3/c16-13(15-9-5-6-17-8-9)12-7-14-10-3-1-2-4-11(10)18-12/h1-4,9,12,14H,5-8H2,(H,15,16). The number of ether oxygens (including phenoxy) is 2. The fourth-order valence-electron chi connectivity index (χ4n) is 2.20. The fourth-order valence-corrected chi connectivity index (χ4v) is 2.20. The van der Waals surface area contributed by atoms with Crippen LogP contribution in [0.15, 0.2) is 24.3 Å². The molecule has 0 radical (unpaired) electrons. The van der Waals surface area contributed by atoms with Crippen molar-refractivity contribution < 1.29 is 14.3 Å². The normalized spacial score (nSPS) is 25.8. The van der Waals surface area contributed by atoms with E-state index in [1.807, 2.05) is 24.3 Å². The molecule has 5 heteroatoms. The average Bonchev–Trinajstić information content (AvgIpc) is 2.91. The molecule has 96 valence electrons. The van der Waals surface area contributed by atoms with Gasteiger partial charge in [0, 0.05) is 6.61 Å². The van der Waals surface area contributed by atoms with Crippen LogP contribution in [0.2, 0.25) is 0 Å². The first-order chi connectivity index (χ1) is 8.83. The van der Waals surface area contributed by atoms with Gasteiger partial charge in [-0.25, -0.2) is 0 Å². The Hall–Kier alpha value is -1.75. The van der Waals surface area contributed by atoms with E-state index in [9.17, 15) is 4.79 Å². The van der Waals surface area contributed by atoms with E-state index in [2.05, 4.69) is 10.6 Å². The molecule has 2 aliphatic rings. The van der Waals surface area contributed by atoms with Gasteiger partial charge in [-0.2, -0.15) is 0 Å². The van der Waals surface area contributed by atoms with Crippen molar-refractivity contribution in [3.63, 3.8) is 0 Å². The maximum atomic E-state index is 12.0. The van der Waals surface area contributed by atoms with Crippen molar-refractivity contribution >= 4 is 11.6 Å². The highest BCUT2D eigenvalue weighted by atomic mass is 16.5. The molecule has 2 N–H and O–H groups in total. The number of carbonyl (C=O) groups is 1. The summed E-state index contributed by atoms with van der Waals surface area (Å²) in [6, 6.07) is 7.75. The van der Waals surface area contributed by atoms with E-state index in [0.717, 1.165) is 24.5 Å². The zero-order valence-corrected chi connectivity index (χ0v) is 10.0. The van der Waals surface area contributed by atoms with Crippen LogP contribution in [0.5, 0.6) is 5.75 Å². The largest absolute Gasteiger partial charge is 0.477 e. The summed E-state index contributed by atoms with van der Waals surface area (Å²) in [5, 5.41) is 6.15. The van der Waals surface area contributed by atoms with Crippen molar-refractivity contribution in [1.82, 2.24) is 5.32 Å². The summed E-state index contributed by atoms with van der Waals surface area (Å²) in [5.74, 6) is 0.652. The minimum absolute atomic E-state index is 0.0764. The second-order valence-electron chi connectivity index (χ2n) is 4.55. The number of fused-ring (bicyclic) bond motifs is 1. The number of hydrogen-bond donors (Lipinski definition) is 2. The summed E-state index contributed by atoms with van der Waals surface area (Å²) in [4.78, 5) is 12.0. The predicted octanol–water partition coefficient (Wildman–Crippen LogP) is 0.765. The summed E-state index contributed by atoms with van der Waals surface area (Å²) < 4.78 is 10.9. The molecule has 2 unspecified atom stereocenters. The van der Waals surface area contributed by atoms with E-state index in [0.29, 0.717) is 13.2 Å². The Morgan fingerprint density at radius 2 is 2.28 bits per heavy atom. The summed E-state index contributed by atoms with van der Waals surface area (Å²) in [5.41, 5.74) is 0.936. The Balaban J connectivity index is 1.62. The summed E-state index contributed by atoms with van der Waals surface area (Å²) in [6.45, 7) is 1.82. The second kappa shape index (κ2) is 4.86. The number of benzene rings is 1. The highest BCUT2D eigenvalue weighted by molar-refractivity contribution is 5.83. The molecule has 1 saturated heterocycles. The third-order valence-electron chi connectivity index (χ3n) is 3.20. The number of anilines is 1. The van der Waals surface area contributed by atoms with Crippen molar-refractivity contribution in [2.45, 2.75) is 18.6 Å². The third kappa shape index (κ3) is 2.26. The molecule has 1 aromatic rings. The van der Waals surface area contributed by atoms with Crippen LogP contribution in [-0.4, -0.2) is 37.8 Å². The van der Waals surface area contributed by atoms with Crippen molar-refractivity contribution in [2.75, 3.05) is 25.1 Å².